The molecule has 4 nitrogen and oxygen atoms in total. The first kappa shape index (κ1) is 18.1. The van der Waals surface area contributed by atoms with Gasteiger partial charge in [0.2, 0.25) is 0 Å². The van der Waals surface area contributed by atoms with Crippen LogP contribution in [0.5, 0.6) is 0 Å². The molecular formula is C17H14BrF2NO3. The van der Waals surface area contributed by atoms with E-state index in [9.17, 15) is 18.4 Å². The Morgan fingerprint density at radius 3 is 2.50 bits per heavy atom. The third-order valence-electron chi connectivity index (χ3n) is 3.27. The third kappa shape index (κ3) is 4.61. The molecule has 0 atom stereocenters. The average molecular weight is 398 g/mol. The normalized spacial score (nSPS) is 10.3. The highest BCUT2D eigenvalue weighted by molar-refractivity contribution is 9.10. The van der Waals surface area contributed by atoms with Crippen LogP contribution in [0.3, 0.4) is 0 Å². The number of carbonyl (C=O) groups excluding carboxylic acids is 2. The second kappa shape index (κ2) is 8.01. The number of nitrogens with zero attached hydrogens (tertiary/aromatic N) is 1. The molecule has 24 heavy (non-hydrogen) atoms. The Kier molecular flexibility index (Phi) is 6.03. The number of amides is 1. The number of halogens is 3. The molecule has 7 heteroatoms. The van der Waals surface area contributed by atoms with Crippen molar-refractivity contribution in [3.63, 3.8) is 0 Å². The molecule has 2 aromatic rings. The Hall–Kier alpha value is -2.28. The minimum absolute atomic E-state index is 0.0374. The van der Waals surface area contributed by atoms with E-state index in [2.05, 4.69) is 15.9 Å². The molecule has 0 saturated carbocycles. The predicted octanol–water partition coefficient (Wildman–Crippen LogP) is 3.54. The van der Waals surface area contributed by atoms with Crippen LogP contribution in [0.25, 0.3) is 0 Å². The van der Waals surface area contributed by atoms with Crippen LogP contribution in [0.15, 0.2) is 46.9 Å². The SMILES string of the molecule is CN(Cc1ccccc1F)C(=O)COC(=O)c1ccc(Br)cc1F. The van der Waals surface area contributed by atoms with E-state index < -0.39 is 30.1 Å². The fourth-order valence-corrected chi connectivity index (χ4v) is 2.27. The molecule has 0 N–H and O–H groups in total. The van der Waals surface area contributed by atoms with Gasteiger partial charge in [-0.1, -0.05) is 34.1 Å². The van der Waals surface area contributed by atoms with Crippen LogP contribution in [0.4, 0.5) is 8.78 Å². The van der Waals surface area contributed by atoms with Gasteiger partial charge in [-0.25, -0.2) is 13.6 Å². The van der Waals surface area contributed by atoms with E-state index in [-0.39, 0.29) is 12.1 Å². The molecule has 0 unspecified atom stereocenters. The van der Waals surface area contributed by atoms with E-state index in [1.807, 2.05) is 0 Å². The summed E-state index contributed by atoms with van der Waals surface area (Å²) in [5, 5.41) is 0. The van der Waals surface area contributed by atoms with Crippen LogP contribution >= 0.6 is 15.9 Å². The molecule has 0 aromatic heterocycles. The van der Waals surface area contributed by atoms with Crippen molar-refractivity contribution in [1.29, 1.82) is 0 Å². The summed E-state index contributed by atoms with van der Waals surface area (Å²) < 4.78 is 32.5. The van der Waals surface area contributed by atoms with E-state index >= 15 is 0 Å². The topological polar surface area (TPSA) is 46.6 Å². The Labute approximate surface area is 146 Å². The zero-order chi connectivity index (χ0) is 17.7. The van der Waals surface area contributed by atoms with Gasteiger partial charge in [0.1, 0.15) is 11.6 Å². The van der Waals surface area contributed by atoms with Gasteiger partial charge in [0.15, 0.2) is 6.61 Å². The minimum atomic E-state index is -0.937. The van der Waals surface area contributed by atoms with E-state index in [0.717, 1.165) is 6.07 Å². The van der Waals surface area contributed by atoms with Crippen molar-refractivity contribution >= 4 is 27.8 Å². The van der Waals surface area contributed by atoms with Gasteiger partial charge in [0.05, 0.1) is 5.56 Å². The zero-order valence-electron chi connectivity index (χ0n) is 12.8. The Bertz CT molecular complexity index is 767. The fraction of sp³-hybridized carbons (Fsp3) is 0.176. The molecule has 0 radical (unpaired) electrons. The summed E-state index contributed by atoms with van der Waals surface area (Å²) in [5.74, 6) is -2.63. The van der Waals surface area contributed by atoms with Crippen molar-refractivity contribution in [1.82, 2.24) is 4.90 Å². The molecule has 0 aliphatic carbocycles. The number of rotatable bonds is 5. The molecule has 2 aromatic carbocycles. The smallest absolute Gasteiger partial charge is 0.341 e. The lowest BCUT2D eigenvalue weighted by atomic mass is 10.2. The van der Waals surface area contributed by atoms with Crippen LogP contribution in [0, 0.1) is 11.6 Å². The molecule has 0 bridgehead atoms. The molecule has 0 aliphatic heterocycles. The van der Waals surface area contributed by atoms with Gasteiger partial charge >= 0.3 is 5.97 Å². The largest absolute Gasteiger partial charge is 0.452 e. The van der Waals surface area contributed by atoms with E-state index in [4.69, 9.17) is 4.74 Å². The summed E-state index contributed by atoms with van der Waals surface area (Å²) in [5.41, 5.74) is 0.0846. The highest BCUT2D eigenvalue weighted by atomic mass is 79.9. The molecule has 1 amide bonds. The number of carbonyl (C=O) groups is 2. The maximum Gasteiger partial charge on any atom is 0.341 e. The summed E-state index contributed by atoms with van der Waals surface area (Å²) in [6.45, 7) is -0.519. The lowest BCUT2D eigenvalue weighted by Gasteiger charge is -2.17. The number of hydrogen-bond acceptors (Lipinski definition) is 3. The van der Waals surface area contributed by atoms with Crippen LogP contribution in [-0.4, -0.2) is 30.4 Å². The number of benzene rings is 2. The molecule has 0 fully saturated rings. The van der Waals surface area contributed by atoms with E-state index in [1.165, 1.54) is 30.1 Å². The van der Waals surface area contributed by atoms with Crippen LogP contribution in [-0.2, 0) is 16.1 Å². The summed E-state index contributed by atoms with van der Waals surface area (Å²) in [6, 6.07) is 9.94. The number of esters is 1. The summed E-state index contributed by atoms with van der Waals surface area (Å²) >= 11 is 3.08. The van der Waals surface area contributed by atoms with Gasteiger partial charge in [0.25, 0.3) is 5.91 Å². The highest BCUT2D eigenvalue weighted by Gasteiger charge is 2.17. The molecule has 126 valence electrons. The van der Waals surface area contributed by atoms with Crippen molar-refractivity contribution in [2.75, 3.05) is 13.7 Å². The second-order valence-electron chi connectivity index (χ2n) is 5.04. The van der Waals surface area contributed by atoms with Crippen molar-refractivity contribution in [3.8, 4) is 0 Å². The Balaban J connectivity index is 1.92. The maximum absolute atomic E-state index is 13.6. The van der Waals surface area contributed by atoms with Gasteiger partial charge < -0.3 is 9.64 Å². The maximum atomic E-state index is 13.6. The zero-order valence-corrected chi connectivity index (χ0v) is 14.3. The lowest BCUT2D eigenvalue weighted by molar-refractivity contribution is -0.133. The summed E-state index contributed by atoms with van der Waals surface area (Å²) in [6.07, 6.45) is 0. The first-order valence-electron chi connectivity index (χ1n) is 6.98. The summed E-state index contributed by atoms with van der Waals surface area (Å²) in [4.78, 5) is 25.0. The second-order valence-corrected chi connectivity index (χ2v) is 5.96. The third-order valence-corrected chi connectivity index (χ3v) is 3.76. The quantitative estimate of drug-likeness (QED) is 0.724. The number of likely N-dealkylation sites (N-methyl/N-ethyl adjacent to an activating group) is 1. The molecule has 0 aliphatic rings. The number of hydrogen-bond donors (Lipinski definition) is 0. The van der Waals surface area contributed by atoms with Gasteiger partial charge in [-0.3, -0.25) is 4.79 Å². The standard InChI is InChI=1S/C17H14BrF2NO3/c1-21(9-11-4-2-3-5-14(11)19)16(22)10-24-17(23)13-7-6-12(18)8-15(13)20/h2-8H,9-10H2,1H3. The molecular weight excluding hydrogens is 384 g/mol. The van der Waals surface area contributed by atoms with E-state index in [0.29, 0.717) is 10.0 Å². The van der Waals surface area contributed by atoms with Crippen LogP contribution < -0.4 is 0 Å². The van der Waals surface area contributed by atoms with Crippen molar-refractivity contribution in [2.24, 2.45) is 0 Å². The minimum Gasteiger partial charge on any atom is -0.452 e. The predicted molar refractivity (Wildman–Crippen MR) is 87.3 cm³/mol. The van der Waals surface area contributed by atoms with Crippen molar-refractivity contribution in [3.05, 3.63) is 69.7 Å². The Morgan fingerprint density at radius 2 is 1.83 bits per heavy atom. The van der Waals surface area contributed by atoms with Gasteiger partial charge in [-0.2, -0.15) is 0 Å². The monoisotopic (exact) mass is 397 g/mol. The lowest BCUT2D eigenvalue weighted by Crippen LogP contribution is -2.31. The number of ether oxygens (including phenoxy) is 1. The Morgan fingerprint density at radius 1 is 1.12 bits per heavy atom. The van der Waals surface area contributed by atoms with Crippen molar-refractivity contribution in [2.45, 2.75) is 6.54 Å². The molecule has 0 heterocycles. The van der Waals surface area contributed by atoms with Gasteiger partial charge in [-0.05, 0) is 24.3 Å². The first-order chi connectivity index (χ1) is 11.4. The van der Waals surface area contributed by atoms with Crippen molar-refractivity contribution < 1.29 is 23.1 Å². The van der Waals surface area contributed by atoms with Crippen LogP contribution in [0.2, 0.25) is 0 Å². The van der Waals surface area contributed by atoms with Gasteiger partial charge in [0, 0.05) is 23.6 Å². The first-order valence-corrected chi connectivity index (χ1v) is 7.77. The average Bonchev–Trinajstić information content (AvgIpc) is 2.54. The highest BCUT2D eigenvalue weighted by Crippen LogP contribution is 2.16. The van der Waals surface area contributed by atoms with E-state index in [1.54, 1.807) is 18.2 Å². The molecule has 2 rings (SSSR count). The molecule has 0 saturated heterocycles. The van der Waals surface area contributed by atoms with Crippen LogP contribution in [0.1, 0.15) is 15.9 Å². The molecule has 0 spiro atoms. The van der Waals surface area contributed by atoms with Gasteiger partial charge in [-0.15, -0.1) is 0 Å². The fourth-order valence-electron chi connectivity index (χ4n) is 1.94. The summed E-state index contributed by atoms with van der Waals surface area (Å²) in [7, 11) is 1.46.